The topological polar surface area (TPSA) is 113 Å². The Bertz CT molecular complexity index is 868. The van der Waals surface area contributed by atoms with E-state index < -0.39 is 12.1 Å². The Morgan fingerprint density at radius 2 is 1.47 bits per heavy atom. The van der Waals surface area contributed by atoms with Gasteiger partial charge in [-0.25, -0.2) is 0 Å². The number of nitrogens with two attached hydrogens (primary N) is 1. The smallest absolute Gasteiger partial charge is 0.238 e. The first-order valence-corrected chi connectivity index (χ1v) is 10.2. The van der Waals surface area contributed by atoms with Gasteiger partial charge in [-0.2, -0.15) is 0 Å². The van der Waals surface area contributed by atoms with Crippen LogP contribution in [0.25, 0.3) is 0 Å². The molecule has 7 heteroatoms. The van der Waals surface area contributed by atoms with Gasteiger partial charge < -0.3 is 11.1 Å². The third-order valence-electron chi connectivity index (χ3n) is 5.17. The first kappa shape index (κ1) is 21.8. The number of ketones is 2. The molecule has 0 radical (unpaired) electrons. The molecule has 1 aliphatic heterocycles. The normalized spacial score (nSPS) is 21.0. The van der Waals surface area contributed by atoms with Gasteiger partial charge in [-0.15, -0.1) is 0 Å². The van der Waals surface area contributed by atoms with Crippen molar-refractivity contribution in [2.75, 3.05) is 13.2 Å². The maximum atomic E-state index is 13.0. The average molecular weight is 409 g/mol. The molecule has 1 heterocycles. The summed E-state index contributed by atoms with van der Waals surface area (Å²) in [5.41, 5.74) is 8.54. The van der Waals surface area contributed by atoms with Gasteiger partial charge >= 0.3 is 0 Å². The van der Waals surface area contributed by atoms with Crippen LogP contribution in [0.1, 0.15) is 23.1 Å². The zero-order valence-electron chi connectivity index (χ0n) is 16.9. The molecule has 5 N–H and O–H groups in total. The van der Waals surface area contributed by atoms with Gasteiger partial charge in [0.2, 0.25) is 5.91 Å². The maximum Gasteiger partial charge on any atom is 0.238 e. The Morgan fingerprint density at radius 3 is 2.17 bits per heavy atom. The summed E-state index contributed by atoms with van der Waals surface area (Å²) in [4.78, 5) is 37.9. The number of carbonyl (C=O) groups is 3. The van der Waals surface area contributed by atoms with Gasteiger partial charge in [0.05, 0.1) is 25.0 Å². The molecule has 158 valence electrons. The molecule has 0 bridgehead atoms. The zero-order valence-corrected chi connectivity index (χ0v) is 16.9. The summed E-state index contributed by atoms with van der Waals surface area (Å²) < 4.78 is 0. The molecule has 2 aromatic carbocycles. The van der Waals surface area contributed by atoms with E-state index in [4.69, 9.17) is 5.73 Å². The standard InChI is InChI=1S/C23H28N4O3/c24-13-18-8-6-17(7-9-18)10-20-22(29)12-19(28)14-25-15-26-21(23(30)27-20)11-16-4-2-1-3-5-16/h1-9,20-21,25-26H,10-15,24H2,(H,27,30)/t20-,21+/m0/s1. The third kappa shape index (κ3) is 6.32. The number of hydrogen-bond donors (Lipinski definition) is 4. The first-order valence-electron chi connectivity index (χ1n) is 10.2. The summed E-state index contributed by atoms with van der Waals surface area (Å²) in [6.07, 6.45) is 0.602. The Balaban J connectivity index is 1.78. The first-order chi connectivity index (χ1) is 14.5. The number of carbonyl (C=O) groups excluding carboxylic acids is 3. The molecule has 0 aliphatic carbocycles. The van der Waals surface area contributed by atoms with E-state index in [9.17, 15) is 14.4 Å². The predicted octanol–water partition coefficient (Wildman–Crippen LogP) is 0.463. The Morgan fingerprint density at radius 1 is 0.833 bits per heavy atom. The van der Waals surface area contributed by atoms with E-state index in [0.29, 0.717) is 26.1 Å². The van der Waals surface area contributed by atoms with E-state index >= 15 is 0 Å². The quantitative estimate of drug-likeness (QED) is 0.535. The van der Waals surface area contributed by atoms with E-state index in [2.05, 4.69) is 16.0 Å². The summed E-state index contributed by atoms with van der Waals surface area (Å²) in [5, 5.41) is 8.99. The van der Waals surface area contributed by atoms with Gasteiger partial charge in [0.25, 0.3) is 0 Å². The minimum Gasteiger partial charge on any atom is -0.345 e. The van der Waals surface area contributed by atoms with Crippen LogP contribution in [0, 0.1) is 0 Å². The van der Waals surface area contributed by atoms with E-state index in [1.165, 1.54) is 0 Å². The van der Waals surface area contributed by atoms with E-state index in [-0.39, 0.29) is 30.4 Å². The number of amides is 1. The summed E-state index contributed by atoms with van der Waals surface area (Å²) in [6, 6.07) is 16.0. The van der Waals surface area contributed by atoms with Crippen molar-refractivity contribution in [1.29, 1.82) is 0 Å². The van der Waals surface area contributed by atoms with Crippen molar-refractivity contribution in [2.24, 2.45) is 5.73 Å². The second-order valence-electron chi connectivity index (χ2n) is 7.52. The van der Waals surface area contributed by atoms with Gasteiger partial charge in [-0.3, -0.25) is 25.0 Å². The molecule has 1 saturated heterocycles. The van der Waals surface area contributed by atoms with Gasteiger partial charge in [0.1, 0.15) is 0 Å². The van der Waals surface area contributed by atoms with Crippen molar-refractivity contribution < 1.29 is 14.4 Å². The Hall–Kier alpha value is -2.87. The minimum atomic E-state index is -0.761. The Labute approximate surface area is 176 Å². The van der Waals surface area contributed by atoms with Crippen molar-refractivity contribution in [3.63, 3.8) is 0 Å². The summed E-state index contributed by atoms with van der Waals surface area (Å²) >= 11 is 0. The van der Waals surface area contributed by atoms with Crippen molar-refractivity contribution in [2.45, 2.75) is 37.9 Å². The molecule has 2 atom stereocenters. The lowest BCUT2D eigenvalue weighted by molar-refractivity contribution is -0.131. The fourth-order valence-electron chi connectivity index (χ4n) is 3.45. The summed E-state index contributed by atoms with van der Waals surface area (Å²) in [5.74, 6) is -0.730. The number of nitrogens with one attached hydrogen (secondary N) is 3. The lowest BCUT2D eigenvalue weighted by atomic mass is 9.97. The van der Waals surface area contributed by atoms with Crippen LogP contribution in [0.2, 0.25) is 0 Å². The molecule has 0 saturated carbocycles. The molecule has 0 spiro atoms. The van der Waals surface area contributed by atoms with Crippen molar-refractivity contribution in [1.82, 2.24) is 16.0 Å². The predicted molar refractivity (Wildman–Crippen MR) is 115 cm³/mol. The zero-order chi connectivity index (χ0) is 21.3. The number of rotatable bonds is 5. The van der Waals surface area contributed by atoms with Crippen LogP contribution in [-0.2, 0) is 33.8 Å². The number of Topliss-reactive ketones (excluding diaryl/α,β-unsaturated/α-hetero) is 2. The minimum absolute atomic E-state index is 0.0862. The monoisotopic (exact) mass is 408 g/mol. The molecule has 0 aromatic heterocycles. The van der Waals surface area contributed by atoms with Crippen molar-refractivity contribution in [3.8, 4) is 0 Å². The van der Waals surface area contributed by atoms with Gasteiger partial charge in [-0.05, 0) is 29.5 Å². The SMILES string of the molecule is NCc1ccc(C[C@@H]2NC(=O)[C@@H](Cc3ccccc3)NCNCC(=O)CC2=O)cc1. The van der Waals surface area contributed by atoms with E-state index in [1.54, 1.807) is 0 Å². The van der Waals surface area contributed by atoms with Crippen molar-refractivity contribution >= 4 is 17.5 Å². The molecular formula is C23H28N4O3. The Kier molecular flexibility index (Phi) is 7.84. The fraction of sp³-hybridized carbons (Fsp3) is 0.348. The van der Waals surface area contributed by atoms with E-state index in [0.717, 1.165) is 16.7 Å². The van der Waals surface area contributed by atoms with Crippen LogP contribution < -0.4 is 21.7 Å². The van der Waals surface area contributed by atoms with Gasteiger partial charge in [0, 0.05) is 13.2 Å². The average Bonchev–Trinajstić information content (AvgIpc) is 2.77. The highest BCUT2D eigenvalue weighted by molar-refractivity contribution is 6.03. The van der Waals surface area contributed by atoms with Crippen LogP contribution in [0.4, 0.5) is 0 Å². The van der Waals surface area contributed by atoms with Crippen LogP contribution in [0.15, 0.2) is 54.6 Å². The summed E-state index contributed by atoms with van der Waals surface area (Å²) in [7, 11) is 0. The molecule has 1 amide bonds. The molecule has 2 aromatic rings. The van der Waals surface area contributed by atoms with Gasteiger partial charge in [0.15, 0.2) is 11.6 Å². The molecular weight excluding hydrogens is 380 g/mol. The molecule has 3 rings (SSSR count). The largest absolute Gasteiger partial charge is 0.345 e. The lowest BCUT2D eigenvalue weighted by Crippen LogP contribution is -2.52. The maximum absolute atomic E-state index is 13.0. The fourth-order valence-corrected chi connectivity index (χ4v) is 3.45. The van der Waals surface area contributed by atoms with Crippen molar-refractivity contribution in [3.05, 3.63) is 71.3 Å². The lowest BCUT2D eigenvalue weighted by Gasteiger charge is -2.22. The highest BCUT2D eigenvalue weighted by atomic mass is 16.2. The second kappa shape index (κ2) is 10.8. The van der Waals surface area contributed by atoms with Gasteiger partial charge in [-0.1, -0.05) is 54.6 Å². The highest BCUT2D eigenvalue weighted by Crippen LogP contribution is 2.10. The van der Waals surface area contributed by atoms with Crippen LogP contribution >= 0.6 is 0 Å². The second-order valence-corrected chi connectivity index (χ2v) is 7.52. The molecule has 1 aliphatic rings. The molecule has 7 nitrogen and oxygen atoms in total. The molecule has 0 unspecified atom stereocenters. The van der Waals surface area contributed by atoms with Crippen LogP contribution in [0.5, 0.6) is 0 Å². The van der Waals surface area contributed by atoms with E-state index in [1.807, 2.05) is 54.6 Å². The molecule has 30 heavy (non-hydrogen) atoms. The number of benzene rings is 2. The summed E-state index contributed by atoms with van der Waals surface area (Å²) in [6.45, 7) is 0.826. The highest BCUT2D eigenvalue weighted by Gasteiger charge is 2.28. The number of hydrogen-bond acceptors (Lipinski definition) is 6. The molecule has 1 fully saturated rings. The van der Waals surface area contributed by atoms with Crippen LogP contribution in [-0.4, -0.2) is 42.8 Å². The van der Waals surface area contributed by atoms with Crippen LogP contribution in [0.3, 0.4) is 0 Å². The third-order valence-corrected chi connectivity index (χ3v) is 5.17.